The van der Waals surface area contributed by atoms with Crippen LogP contribution in [0.15, 0.2) is 24.3 Å². The minimum absolute atomic E-state index is 0.170. The van der Waals surface area contributed by atoms with E-state index in [1.165, 1.54) is 31.4 Å². The second-order valence-electron chi connectivity index (χ2n) is 4.83. The molecule has 1 unspecified atom stereocenters. The van der Waals surface area contributed by atoms with Crippen LogP contribution in [0.4, 0.5) is 10.1 Å². The summed E-state index contributed by atoms with van der Waals surface area (Å²) in [6, 6.07) is 7.37. The molecule has 1 aliphatic rings. The number of anilines is 1. The molecule has 1 aromatic rings. The maximum Gasteiger partial charge on any atom is 0.123 e. The average Bonchev–Trinajstić information content (AvgIpc) is 2.38. The van der Waals surface area contributed by atoms with E-state index in [0.29, 0.717) is 6.04 Å². The monoisotopic (exact) mass is 236 g/mol. The third-order valence-corrected chi connectivity index (χ3v) is 3.49. The maximum absolute atomic E-state index is 12.8. The second kappa shape index (κ2) is 6.01. The van der Waals surface area contributed by atoms with Gasteiger partial charge in [-0.25, -0.2) is 4.39 Å². The van der Waals surface area contributed by atoms with Gasteiger partial charge in [0, 0.05) is 25.3 Å². The van der Waals surface area contributed by atoms with Crippen molar-refractivity contribution in [3.05, 3.63) is 30.1 Å². The lowest BCUT2D eigenvalue weighted by Crippen LogP contribution is -2.36. The Bertz CT molecular complexity index is 331. The molecule has 0 aliphatic carbocycles. The molecule has 0 bridgehead atoms. The molecular formula is C14H21FN2. The summed E-state index contributed by atoms with van der Waals surface area (Å²) in [6.45, 7) is 2.17. The number of piperidine rings is 1. The maximum atomic E-state index is 12.8. The Morgan fingerprint density at radius 1 is 1.29 bits per heavy atom. The quantitative estimate of drug-likeness (QED) is 0.864. The number of hydrogen-bond acceptors (Lipinski definition) is 2. The highest BCUT2D eigenvalue weighted by Gasteiger charge is 2.13. The molecule has 1 N–H and O–H groups in total. The molecule has 2 rings (SSSR count). The van der Waals surface area contributed by atoms with Crippen molar-refractivity contribution >= 4 is 5.69 Å². The number of nitrogens with zero attached hydrogens (tertiary/aromatic N) is 1. The van der Waals surface area contributed by atoms with Crippen LogP contribution >= 0.6 is 0 Å². The summed E-state index contributed by atoms with van der Waals surface area (Å²) < 4.78 is 12.8. The van der Waals surface area contributed by atoms with Gasteiger partial charge < -0.3 is 10.2 Å². The van der Waals surface area contributed by atoms with Gasteiger partial charge in [0.2, 0.25) is 0 Å². The number of rotatable bonds is 4. The molecular weight excluding hydrogens is 215 g/mol. The van der Waals surface area contributed by atoms with E-state index in [2.05, 4.69) is 17.3 Å². The normalized spacial score (nSPS) is 20.2. The van der Waals surface area contributed by atoms with E-state index >= 15 is 0 Å². The van der Waals surface area contributed by atoms with Gasteiger partial charge in [0.05, 0.1) is 0 Å². The lowest BCUT2D eigenvalue weighted by Gasteiger charge is -2.26. The van der Waals surface area contributed by atoms with E-state index in [1.54, 1.807) is 0 Å². The smallest absolute Gasteiger partial charge is 0.123 e. The van der Waals surface area contributed by atoms with Crippen LogP contribution in [-0.2, 0) is 0 Å². The van der Waals surface area contributed by atoms with Crippen molar-refractivity contribution < 1.29 is 4.39 Å². The van der Waals surface area contributed by atoms with Crippen LogP contribution in [0.1, 0.15) is 25.7 Å². The van der Waals surface area contributed by atoms with E-state index in [4.69, 9.17) is 0 Å². The number of benzene rings is 1. The molecule has 1 atom stereocenters. The summed E-state index contributed by atoms with van der Waals surface area (Å²) >= 11 is 0. The summed E-state index contributed by atoms with van der Waals surface area (Å²) in [5, 5.41) is 3.55. The molecule has 0 aromatic heterocycles. The molecule has 2 nitrogen and oxygen atoms in total. The zero-order chi connectivity index (χ0) is 12.1. The third-order valence-electron chi connectivity index (χ3n) is 3.49. The minimum Gasteiger partial charge on any atom is -0.375 e. The summed E-state index contributed by atoms with van der Waals surface area (Å²) in [7, 11) is 2.07. The summed E-state index contributed by atoms with van der Waals surface area (Å²) in [6.07, 6.45) is 5.10. The Balaban J connectivity index is 1.80. The van der Waals surface area contributed by atoms with Gasteiger partial charge in [0.1, 0.15) is 5.82 Å². The lowest BCUT2D eigenvalue weighted by atomic mass is 10.0. The second-order valence-corrected chi connectivity index (χ2v) is 4.83. The molecule has 1 heterocycles. The van der Waals surface area contributed by atoms with Gasteiger partial charge >= 0.3 is 0 Å². The highest BCUT2D eigenvalue weighted by Crippen LogP contribution is 2.15. The Morgan fingerprint density at radius 2 is 2.06 bits per heavy atom. The Labute approximate surface area is 103 Å². The van der Waals surface area contributed by atoms with Crippen molar-refractivity contribution in [2.24, 2.45) is 0 Å². The molecule has 0 spiro atoms. The fraction of sp³-hybridized carbons (Fsp3) is 0.571. The highest BCUT2D eigenvalue weighted by molar-refractivity contribution is 5.45. The molecule has 1 aromatic carbocycles. The van der Waals surface area contributed by atoms with E-state index in [1.807, 2.05) is 12.1 Å². The van der Waals surface area contributed by atoms with Crippen LogP contribution in [0.5, 0.6) is 0 Å². The number of halogens is 1. The van der Waals surface area contributed by atoms with Gasteiger partial charge in [-0.2, -0.15) is 0 Å². The van der Waals surface area contributed by atoms with E-state index in [0.717, 1.165) is 25.2 Å². The van der Waals surface area contributed by atoms with Crippen molar-refractivity contribution in [2.45, 2.75) is 31.7 Å². The summed E-state index contributed by atoms with van der Waals surface area (Å²) in [5.74, 6) is -0.170. The van der Waals surface area contributed by atoms with E-state index in [-0.39, 0.29) is 5.82 Å². The van der Waals surface area contributed by atoms with Gasteiger partial charge in [-0.1, -0.05) is 6.42 Å². The van der Waals surface area contributed by atoms with Crippen molar-refractivity contribution in [1.29, 1.82) is 0 Å². The largest absolute Gasteiger partial charge is 0.375 e. The number of nitrogens with one attached hydrogen (secondary N) is 1. The highest BCUT2D eigenvalue weighted by atomic mass is 19.1. The first-order chi connectivity index (χ1) is 8.25. The molecule has 17 heavy (non-hydrogen) atoms. The predicted molar refractivity (Wildman–Crippen MR) is 69.9 cm³/mol. The van der Waals surface area contributed by atoms with Gasteiger partial charge in [-0.3, -0.25) is 0 Å². The molecule has 1 aliphatic heterocycles. The standard InChI is InChI=1S/C14H21FN2/c1-17(14-7-5-12(15)6-8-14)11-9-13-4-2-3-10-16-13/h5-8,13,16H,2-4,9-11H2,1H3. The van der Waals surface area contributed by atoms with Crippen molar-refractivity contribution in [3.8, 4) is 0 Å². The molecule has 0 radical (unpaired) electrons. The van der Waals surface area contributed by atoms with Gasteiger partial charge in [0.25, 0.3) is 0 Å². The zero-order valence-corrected chi connectivity index (χ0v) is 10.5. The van der Waals surface area contributed by atoms with Crippen LogP contribution in [-0.4, -0.2) is 26.2 Å². The van der Waals surface area contributed by atoms with Gasteiger partial charge in [-0.05, 0) is 50.1 Å². The van der Waals surface area contributed by atoms with E-state index < -0.39 is 0 Å². The number of hydrogen-bond donors (Lipinski definition) is 1. The minimum atomic E-state index is -0.170. The predicted octanol–water partition coefficient (Wildman–Crippen LogP) is 2.79. The molecule has 0 saturated carbocycles. The average molecular weight is 236 g/mol. The van der Waals surface area contributed by atoms with Crippen LogP contribution < -0.4 is 10.2 Å². The molecule has 94 valence electrons. The fourth-order valence-corrected chi connectivity index (χ4v) is 2.34. The van der Waals surface area contributed by atoms with Crippen LogP contribution in [0.25, 0.3) is 0 Å². The van der Waals surface area contributed by atoms with Crippen molar-refractivity contribution in [1.82, 2.24) is 5.32 Å². The molecule has 3 heteroatoms. The third kappa shape index (κ3) is 3.70. The molecule has 0 amide bonds. The Hall–Kier alpha value is -1.09. The van der Waals surface area contributed by atoms with E-state index in [9.17, 15) is 4.39 Å². The molecule has 1 fully saturated rings. The first-order valence-electron chi connectivity index (χ1n) is 6.46. The van der Waals surface area contributed by atoms with Crippen LogP contribution in [0, 0.1) is 5.82 Å². The van der Waals surface area contributed by atoms with Gasteiger partial charge in [-0.15, -0.1) is 0 Å². The topological polar surface area (TPSA) is 15.3 Å². The first-order valence-corrected chi connectivity index (χ1v) is 6.46. The lowest BCUT2D eigenvalue weighted by molar-refractivity contribution is 0.384. The molecule has 1 saturated heterocycles. The van der Waals surface area contributed by atoms with Crippen molar-refractivity contribution in [3.63, 3.8) is 0 Å². The summed E-state index contributed by atoms with van der Waals surface area (Å²) in [4.78, 5) is 2.19. The van der Waals surface area contributed by atoms with Crippen LogP contribution in [0.2, 0.25) is 0 Å². The van der Waals surface area contributed by atoms with Crippen molar-refractivity contribution in [2.75, 3.05) is 25.0 Å². The summed E-state index contributed by atoms with van der Waals surface area (Å²) in [5.41, 5.74) is 1.09. The zero-order valence-electron chi connectivity index (χ0n) is 10.5. The SMILES string of the molecule is CN(CCC1CCCCN1)c1ccc(F)cc1. The van der Waals surface area contributed by atoms with Crippen LogP contribution in [0.3, 0.4) is 0 Å². The van der Waals surface area contributed by atoms with Gasteiger partial charge in [0.15, 0.2) is 0 Å². The Morgan fingerprint density at radius 3 is 2.71 bits per heavy atom. The Kier molecular flexibility index (Phi) is 4.37. The fourth-order valence-electron chi connectivity index (χ4n) is 2.34. The first kappa shape index (κ1) is 12.4.